The molecule has 3 amide bonds. The first-order chi connectivity index (χ1) is 18.1. The van der Waals surface area contributed by atoms with Gasteiger partial charge in [-0.3, -0.25) is 29.4 Å². The molecule has 0 radical (unpaired) electrons. The number of aryl methyl sites for hydroxylation is 1. The number of carbonyl (C=O) groups is 4. The van der Waals surface area contributed by atoms with Gasteiger partial charge >= 0.3 is 5.97 Å². The van der Waals surface area contributed by atoms with Crippen molar-refractivity contribution in [2.24, 2.45) is 11.8 Å². The molecule has 5 rings (SSSR count). The van der Waals surface area contributed by atoms with Gasteiger partial charge in [-0.1, -0.05) is 23.7 Å². The van der Waals surface area contributed by atoms with E-state index in [9.17, 15) is 24.3 Å². The molecule has 2 saturated heterocycles. The van der Waals surface area contributed by atoms with E-state index in [2.05, 4.69) is 10.6 Å². The molecule has 1 spiro atoms. The molecule has 2 aromatic carbocycles. The molecule has 0 unspecified atom stereocenters. The summed E-state index contributed by atoms with van der Waals surface area (Å²) in [6, 6.07) is 8.18. The molecular weight excluding hydrogens is 514 g/mol. The Morgan fingerprint density at radius 3 is 2.53 bits per heavy atom. The molecule has 4 atom stereocenters. The van der Waals surface area contributed by atoms with Gasteiger partial charge in [0.25, 0.3) is 0 Å². The van der Waals surface area contributed by atoms with Crippen molar-refractivity contribution in [3.05, 3.63) is 52.0 Å². The fraction of sp³-hybridized carbons (Fsp3) is 0.407. The number of nitrogens with one attached hydrogen (secondary N) is 2. The number of ether oxygens (including phenoxy) is 2. The van der Waals surface area contributed by atoms with Crippen LogP contribution in [0, 0.1) is 18.8 Å². The van der Waals surface area contributed by atoms with Crippen LogP contribution in [-0.2, 0) is 31.1 Å². The smallest absolute Gasteiger partial charge is 0.303 e. The lowest BCUT2D eigenvalue weighted by Gasteiger charge is -2.29. The summed E-state index contributed by atoms with van der Waals surface area (Å²) in [7, 11) is 3.06. The number of hydrogen-bond donors (Lipinski definition) is 3. The quantitative estimate of drug-likeness (QED) is 0.434. The Morgan fingerprint density at radius 2 is 1.84 bits per heavy atom. The minimum atomic E-state index is -1.52. The van der Waals surface area contributed by atoms with Gasteiger partial charge in [-0.15, -0.1) is 0 Å². The number of hydrogen-bond acceptors (Lipinski definition) is 7. The summed E-state index contributed by atoms with van der Waals surface area (Å²) < 4.78 is 10.6. The number of imide groups is 1. The average molecular weight is 542 g/mol. The Hall–Kier alpha value is -3.63. The molecule has 11 heteroatoms. The van der Waals surface area contributed by atoms with E-state index in [1.807, 2.05) is 13.0 Å². The lowest BCUT2D eigenvalue weighted by Crippen LogP contribution is -2.53. The highest BCUT2D eigenvalue weighted by Gasteiger charge is 2.70. The Kier molecular flexibility index (Phi) is 6.56. The van der Waals surface area contributed by atoms with Gasteiger partial charge < -0.3 is 19.9 Å². The monoisotopic (exact) mass is 541 g/mol. The van der Waals surface area contributed by atoms with Crippen LogP contribution in [0.2, 0.25) is 5.02 Å². The van der Waals surface area contributed by atoms with Crippen LogP contribution in [0.25, 0.3) is 0 Å². The van der Waals surface area contributed by atoms with E-state index >= 15 is 0 Å². The first-order valence-electron chi connectivity index (χ1n) is 12.3. The van der Waals surface area contributed by atoms with E-state index in [1.54, 1.807) is 24.3 Å². The van der Waals surface area contributed by atoms with Crippen LogP contribution in [0.3, 0.4) is 0 Å². The fourth-order valence-electron chi connectivity index (χ4n) is 6.08. The maximum Gasteiger partial charge on any atom is 0.303 e. The molecule has 200 valence electrons. The zero-order chi connectivity index (χ0) is 27.4. The van der Waals surface area contributed by atoms with Gasteiger partial charge in [0.15, 0.2) is 11.5 Å². The first kappa shape index (κ1) is 26.0. The molecule has 0 aromatic heterocycles. The molecule has 0 aliphatic carbocycles. The zero-order valence-corrected chi connectivity index (χ0v) is 21.9. The summed E-state index contributed by atoms with van der Waals surface area (Å²) in [5.41, 5.74) is 1.00. The van der Waals surface area contributed by atoms with Gasteiger partial charge in [0.2, 0.25) is 17.7 Å². The van der Waals surface area contributed by atoms with E-state index in [4.69, 9.17) is 21.1 Å². The van der Waals surface area contributed by atoms with Gasteiger partial charge in [-0.2, -0.15) is 0 Å². The van der Waals surface area contributed by atoms with Crippen LogP contribution in [0.15, 0.2) is 30.3 Å². The molecule has 10 nitrogen and oxygen atoms in total. The minimum absolute atomic E-state index is 0.0863. The Morgan fingerprint density at radius 1 is 1.11 bits per heavy atom. The van der Waals surface area contributed by atoms with Crippen LogP contribution in [0.1, 0.15) is 29.5 Å². The third-order valence-corrected chi connectivity index (χ3v) is 8.05. The Bertz CT molecular complexity index is 1360. The molecule has 2 fully saturated rings. The van der Waals surface area contributed by atoms with E-state index in [0.29, 0.717) is 34.2 Å². The number of fused-ring (bicyclic) bond motifs is 4. The highest BCUT2D eigenvalue weighted by Crippen LogP contribution is 2.55. The maximum atomic E-state index is 13.9. The molecule has 0 saturated carbocycles. The van der Waals surface area contributed by atoms with Gasteiger partial charge in [-0.05, 0) is 49.1 Å². The third kappa shape index (κ3) is 3.90. The molecular formula is C27H28ClN3O7. The number of aliphatic carboxylic acids is 1. The summed E-state index contributed by atoms with van der Waals surface area (Å²) in [6.45, 7) is 1.93. The third-order valence-electron chi connectivity index (χ3n) is 7.75. The van der Waals surface area contributed by atoms with Crippen molar-refractivity contribution in [1.82, 2.24) is 10.2 Å². The summed E-state index contributed by atoms with van der Waals surface area (Å²) in [6.07, 6.45) is 0.237. The second kappa shape index (κ2) is 9.59. The van der Waals surface area contributed by atoms with Gasteiger partial charge in [-0.25, -0.2) is 0 Å². The first-order valence-corrected chi connectivity index (χ1v) is 12.7. The summed E-state index contributed by atoms with van der Waals surface area (Å²) in [4.78, 5) is 53.7. The number of rotatable bonds is 8. The van der Waals surface area contributed by atoms with E-state index in [-0.39, 0.29) is 19.4 Å². The van der Waals surface area contributed by atoms with Gasteiger partial charge in [0.1, 0.15) is 5.54 Å². The summed E-state index contributed by atoms with van der Waals surface area (Å²) in [5.74, 6) is -3.21. The van der Waals surface area contributed by atoms with Crippen molar-refractivity contribution in [2.45, 2.75) is 37.8 Å². The Labute approximate surface area is 224 Å². The highest BCUT2D eigenvalue weighted by molar-refractivity contribution is 6.35. The second-order valence-corrected chi connectivity index (χ2v) is 10.3. The zero-order valence-electron chi connectivity index (χ0n) is 21.2. The second-order valence-electron chi connectivity index (χ2n) is 9.89. The SMILES string of the molecule is COc1ccc(CCN2C(=O)[C@@H]3[C@H](CCC(=O)O)N[C@]4(C(=O)Nc5c(Cl)cc(C)cc54)[C@@H]3C2=O)cc1OC. The van der Waals surface area contributed by atoms with Crippen LogP contribution in [-0.4, -0.2) is 60.5 Å². The normalized spacial score (nSPS) is 25.5. The molecule has 3 heterocycles. The van der Waals surface area contributed by atoms with E-state index < -0.39 is 47.1 Å². The number of halogens is 1. The number of anilines is 1. The highest BCUT2D eigenvalue weighted by atomic mass is 35.5. The number of carboxylic acids is 1. The van der Waals surface area contributed by atoms with Crippen LogP contribution >= 0.6 is 11.6 Å². The molecule has 2 aromatic rings. The number of likely N-dealkylation sites (tertiary alicyclic amines) is 1. The molecule has 3 N–H and O–H groups in total. The topological polar surface area (TPSA) is 134 Å². The predicted molar refractivity (Wildman–Crippen MR) is 137 cm³/mol. The summed E-state index contributed by atoms with van der Waals surface area (Å²) >= 11 is 6.44. The number of carbonyl (C=O) groups excluding carboxylic acids is 3. The number of nitrogens with zero attached hydrogens (tertiary/aromatic N) is 1. The lowest BCUT2D eigenvalue weighted by molar-refractivity contribution is -0.143. The van der Waals surface area contributed by atoms with Crippen molar-refractivity contribution in [2.75, 3.05) is 26.1 Å². The van der Waals surface area contributed by atoms with Gasteiger partial charge in [0.05, 0.1) is 36.8 Å². The lowest BCUT2D eigenvalue weighted by atomic mass is 9.76. The van der Waals surface area contributed by atoms with Crippen molar-refractivity contribution in [1.29, 1.82) is 0 Å². The Balaban J connectivity index is 1.50. The largest absolute Gasteiger partial charge is 0.493 e. The number of methoxy groups -OCH3 is 2. The summed E-state index contributed by atoms with van der Waals surface area (Å²) in [5, 5.41) is 15.7. The maximum absolute atomic E-state index is 13.9. The predicted octanol–water partition coefficient (Wildman–Crippen LogP) is 2.49. The minimum Gasteiger partial charge on any atom is -0.493 e. The average Bonchev–Trinajstić information content (AvgIpc) is 3.46. The van der Waals surface area contributed by atoms with Gasteiger partial charge in [0, 0.05) is 24.6 Å². The van der Waals surface area contributed by atoms with E-state index in [1.165, 1.54) is 19.1 Å². The van der Waals surface area contributed by atoms with E-state index in [0.717, 1.165) is 11.1 Å². The van der Waals surface area contributed by atoms with Crippen LogP contribution in [0.4, 0.5) is 5.69 Å². The number of amides is 3. The number of carboxylic acid groups (broad SMARTS) is 1. The fourth-order valence-corrected chi connectivity index (χ4v) is 6.40. The van der Waals surface area contributed by atoms with Crippen molar-refractivity contribution in [3.63, 3.8) is 0 Å². The van der Waals surface area contributed by atoms with Crippen LogP contribution < -0.4 is 20.1 Å². The standard InChI is InChI=1S/C27H28ClN3O7/c1-13-10-15-23(16(28)11-13)29-26(36)27(15)22-21(17(30-27)5-7-20(32)33)24(34)31(25(22)35)9-8-14-4-6-18(37-2)19(12-14)38-3/h4,6,10-12,17,21-22,30H,5,7-9H2,1-3H3,(H,29,36)(H,32,33)/t17-,21+,22-,27-/m0/s1. The molecule has 0 bridgehead atoms. The number of benzene rings is 2. The van der Waals surface area contributed by atoms with Crippen molar-refractivity contribution < 1.29 is 33.8 Å². The van der Waals surface area contributed by atoms with Crippen LogP contribution in [0.5, 0.6) is 11.5 Å². The molecule has 38 heavy (non-hydrogen) atoms. The molecule has 3 aliphatic rings. The van der Waals surface area contributed by atoms with Crippen molar-refractivity contribution >= 4 is 41.0 Å². The molecule has 3 aliphatic heterocycles. The van der Waals surface area contributed by atoms with Crippen molar-refractivity contribution in [3.8, 4) is 11.5 Å².